The van der Waals surface area contributed by atoms with E-state index in [9.17, 15) is 13.6 Å². The molecule has 0 aliphatic heterocycles. The number of amides is 1. The molecule has 0 N–H and O–H groups in total. The lowest BCUT2D eigenvalue weighted by Gasteiger charge is -2.18. The molecule has 1 amide bonds. The van der Waals surface area contributed by atoms with Crippen LogP contribution in [0.15, 0.2) is 23.4 Å². The van der Waals surface area contributed by atoms with Crippen molar-refractivity contribution >= 4 is 17.7 Å². The highest BCUT2D eigenvalue weighted by atomic mass is 32.2. The fourth-order valence-electron chi connectivity index (χ4n) is 2.80. The molecule has 152 valence electrons. The van der Waals surface area contributed by atoms with E-state index in [2.05, 4.69) is 19.5 Å². The van der Waals surface area contributed by atoms with E-state index in [1.807, 2.05) is 6.92 Å². The van der Waals surface area contributed by atoms with Crippen LogP contribution < -0.4 is 9.47 Å². The molecule has 0 bridgehead atoms. The number of alkyl halides is 2. The van der Waals surface area contributed by atoms with Crippen molar-refractivity contribution in [3.63, 3.8) is 0 Å². The summed E-state index contributed by atoms with van der Waals surface area (Å²) in [7, 11) is 3.07. The van der Waals surface area contributed by atoms with Crippen molar-refractivity contribution in [2.45, 2.75) is 44.1 Å². The molecular weight excluding hydrogens is 390 g/mol. The van der Waals surface area contributed by atoms with Gasteiger partial charge in [-0.1, -0.05) is 17.8 Å². The number of carbonyl (C=O) groups excluding carboxylic acids is 1. The third-order valence-corrected chi connectivity index (χ3v) is 5.29. The van der Waals surface area contributed by atoms with Crippen LogP contribution in [0.5, 0.6) is 11.5 Å². The molecule has 1 fully saturated rings. The van der Waals surface area contributed by atoms with E-state index in [-0.39, 0.29) is 23.2 Å². The maximum absolute atomic E-state index is 12.5. The number of hydrogen-bond acceptors (Lipinski definition) is 6. The molecule has 3 rings (SSSR count). The molecule has 0 radical (unpaired) electrons. The van der Waals surface area contributed by atoms with Gasteiger partial charge in [0.25, 0.3) is 0 Å². The molecule has 1 saturated carbocycles. The normalized spacial score (nSPS) is 13.6. The number of nitrogens with zero attached hydrogens (tertiary/aromatic N) is 4. The third-order valence-electron chi connectivity index (χ3n) is 4.36. The second kappa shape index (κ2) is 8.76. The second-order valence-electron chi connectivity index (χ2n) is 6.53. The summed E-state index contributed by atoms with van der Waals surface area (Å²) in [6, 6.07) is 5.08. The zero-order valence-corrected chi connectivity index (χ0v) is 16.7. The van der Waals surface area contributed by atoms with Crippen LogP contribution in [0, 0.1) is 6.92 Å². The number of methoxy groups -OCH3 is 1. The Bertz CT molecular complexity index is 842. The van der Waals surface area contributed by atoms with Gasteiger partial charge in [-0.05, 0) is 37.5 Å². The topological polar surface area (TPSA) is 69.5 Å². The van der Waals surface area contributed by atoms with Crippen molar-refractivity contribution in [2.75, 3.05) is 19.9 Å². The molecule has 1 aliphatic carbocycles. The van der Waals surface area contributed by atoms with E-state index >= 15 is 0 Å². The number of thioether (sulfide) groups is 1. The minimum atomic E-state index is -2.93. The Hall–Kier alpha value is -2.36. The first-order valence-corrected chi connectivity index (χ1v) is 9.77. The van der Waals surface area contributed by atoms with Gasteiger partial charge in [0.15, 0.2) is 16.7 Å². The molecule has 1 aromatic heterocycles. The van der Waals surface area contributed by atoms with Gasteiger partial charge in [-0.2, -0.15) is 8.78 Å². The maximum atomic E-state index is 12.5. The smallest absolute Gasteiger partial charge is 0.387 e. The summed E-state index contributed by atoms with van der Waals surface area (Å²) in [4.78, 5) is 14.1. The van der Waals surface area contributed by atoms with E-state index in [1.54, 1.807) is 24.1 Å². The molecule has 2 aromatic rings. The summed E-state index contributed by atoms with van der Waals surface area (Å²) in [6.45, 7) is -0.695. The lowest BCUT2D eigenvalue weighted by atomic mass is 10.2. The second-order valence-corrected chi connectivity index (χ2v) is 7.48. The first kappa shape index (κ1) is 20.4. The SMILES string of the molecule is COc1cc(CN(C)C(=O)CSc2nnc(C)n2C2CC2)ccc1OC(F)F. The van der Waals surface area contributed by atoms with Crippen LogP contribution in [-0.2, 0) is 11.3 Å². The minimum Gasteiger partial charge on any atom is -0.493 e. The summed E-state index contributed by atoms with van der Waals surface area (Å²) >= 11 is 1.37. The number of rotatable bonds is 9. The van der Waals surface area contributed by atoms with Crippen molar-refractivity contribution in [1.29, 1.82) is 0 Å². The maximum Gasteiger partial charge on any atom is 0.387 e. The molecular formula is C18H22F2N4O3S. The third kappa shape index (κ3) is 4.92. The number of aryl methyl sites for hydroxylation is 1. The van der Waals surface area contributed by atoms with Crippen LogP contribution in [0.4, 0.5) is 8.78 Å². The summed E-state index contributed by atoms with van der Waals surface area (Å²) in [5, 5.41) is 9.03. The van der Waals surface area contributed by atoms with Gasteiger partial charge in [0.05, 0.1) is 12.9 Å². The molecule has 10 heteroatoms. The molecule has 28 heavy (non-hydrogen) atoms. The summed E-state index contributed by atoms with van der Waals surface area (Å²) in [5.41, 5.74) is 0.747. The lowest BCUT2D eigenvalue weighted by Crippen LogP contribution is -2.28. The number of ether oxygens (including phenoxy) is 2. The number of hydrogen-bond donors (Lipinski definition) is 0. The van der Waals surface area contributed by atoms with E-state index in [0.717, 1.165) is 29.4 Å². The van der Waals surface area contributed by atoms with Crippen molar-refractivity contribution < 1.29 is 23.0 Å². The number of carbonyl (C=O) groups is 1. The average Bonchev–Trinajstić information content (AvgIpc) is 3.42. The predicted molar refractivity (Wildman–Crippen MR) is 99.9 cm³/mol. The summed E-state index contributed by atoms with van der Waals surface area (Å²) < 4.78 is 36.4. The van der Waals surface area contributed by atoms with Gasteiger partial charge in [-0.15, -0.1) is 10.2 Å². The van der Waals surface area contributed by atoms with Gasteiger partial charge in [0.2, 0.25) is 5.91 Å². The van der Waals surface area contributed by atoms with Crippen molar-refractivity contribution in [1.82, 2.24) is 19.7 Å². The van der Waals surface area contributed by atoms with Gasteiger partial charge >= 0.3 is 6.61 Å². The van der Waals surface area contributed by atoms with Crippen LogP contribution in [0.2, 0.25) is 0 Å². The highest BCUT2D eigenvalue weighted by Gasteiger charge is 2.28. The van der Waals surface area contributed by atoms with Crippen molar-refractivity contribution in [3.8, 4) is 11.5 Å². The van der Waals surface area contributed by atoms with Gasteiger partial charge in [-0.25, -0.2) is 0 Å². The van der Waals surface area contributed by atoms with Gasteiger partial charge < -0.3 is 18.9 Å². The average molecular weight is 412 g/mol. The van der Waals surface area contributed by atoms with Crippen LogP contribution in [0.3, 0.4) is 0 Å². The zero-order valence-electron chi connectivity index (χ0n) is 15.9. The zero-order chi connectivity index (χ0) is 20.3. The fourth-order valence-corrected chi connectivity index (χ4v) is 3.80. The number of aromatic nitrogens is 3. The highest BCUT2D eigenvalue weighted by molar-refractivity contribution is 7.99. The number of benzene rings is 1. The molecule has 1 heterocycles. The number of halogens is 2. The van der Waals surface area contributed by atoms with Crippen LogP contribution >= 0.6 is 11.8 Å². The van der Waals surface area contributed by atoms with Crippen LogP contribution in [0.25, 0.3) is 0 Å². The fraction of sp³-hybridized carbons (Fsp3) is 0.500. The molecule has 7 nitrogen and oxygen atoms in total. The van der Waals surface area contributed by atoms with Crippen LogP contribution in [0.1, 0.15) is 30.3 Å². The minimum absolute atomic E-state index is 0.0411. The van der Waals surface area contributed by atoms with Crippen molar-refractivity contribution in [2.24, 2.45) is 0 Å². The Kier molecular flexibility index (Phi) is 6.38. The van der Waals surface area contributed by atoms with Gasteiger partial charge in [-0.3, -0.25) is 4.79 Å². The Morgan fingerprint density at radius 1 is 1.36 bits per heavy atom. The Labute approximate surface area is 166 Å². The first-order chi connectivity index (χ1) is 13.4. The van der Waals surface area contributed by atoms with E-state index in [0.29, 0.717) is 12.6 Å². The Balaban J connectivity index is 1.58. The first-order valence-electron chi connectivity index (χ1n) is 8.79. The molecule has 1 aromatic carbocycles. The van der Waals surface area contributed by atoms with Gasteiger partial charge in [0, 0.05) is 19.6 Å². The van der Waals surface area contributed by atoms with Crippen LogP contribution in [-0.4, -0.2) is 52.1 Å². The van der Waals surface area contributed by atoms with E-state index < -0.39 is 6.61 Å². The molecule has 0 unspecified atom stereocenters. The largest absolute Gasteiger partial charge is 0.493 e. The highest BCUT2D eigenvalue weighted by Crippen LogP contribution is 2.38. The van der Waals surface area contributed by atoms with E-state index in [1.165, 1.54) is 24.9 Å². The quantitative estimate of drug-likeness (QED) is 0.589. The van der Waals surface area contributed by atoms with Crippen molar-refractivity contribution in [3.05, 3.63) is 29.6 Å². The Morgan fingerprint density at radius 3 is 2.75 bits per heavy atom. The summed E-state index contributed by atoms with van der Waals surface area (Å²) in [6.07, 6.45) is 2.24. The Morgan fingerprint density at radius 2 is 2.11 bits per heavy atom. The molecule has 0 atom stereocenters. The van der Waals surface area contributed by atoms with E-state index in [4.69, 9.17) is 4.74 Å². The molecule has 0 spiro atoms. The van der Waals surface area contributed by atoms with Gasteiger partial charge in [0.1, 0.15) is 5.82 Å². The monoisotopic (exact) mass is 412 g/mol. The lowest BCUT2D eigenvalue weighted by molar-refractivity contribution is -0.127. The molecule has 0 saturated heterocycles. The molecule has 1 aliphatic rings. The standard InChI is InChI=1S/C18H22F2N4O3S/c1-11-21-22-18(24(11)13-5-6-13)28-10-16(25)23(2)9-12-4-7-14(27-17(19)20)15(8-12)26-3/h4,7-8,13,17H,5-6,9-10H2,1-3H3. The predicted octanol–water partition coefficient (Wildman–Crippen LogP) is 3.28. The summed E-state index contributed by atoms with van der Waals surface area (Å²) in [5.74, 6) is 1.19.